The molecule has 0 atom stereocenters. The highest BCUT2D eigenvalue weighted by molar-refractivity contribution is 7.13. The van der Waals surface area contributed by atoms with Gasteiger partial charge in [0.2, 0.25) is 5.91 Å². The van der Waals surface area contributed by atoms with Gasteiger partial charge in [-0.25, -0.2) is 9.78 Å². The largest absolute Gasteiger partial charge is 0.350 e. The summed E-state index contributed by atoms with van der Waals surface area (Å²) in [6, 6.07) is 14.4. The summed E-state index contributed by atoms with van der Waals surface area (Å²) in [6.45, 7) is 0.406. The molecule has 3 N–H and O–H groups in total. The van der Waals surface area contributed by atoms with Crippen LogP contribution in [0.1, 0.15) is 17.8 Å². The van der Waals surface area contributed by atoms with Crippen molar-refractivity contribution in [1.82, 2.24) is 15.3 Å². The third kappa shape index (κ3) is 6.19. The molecule has 2 aromatic heterocycles. The molecule has 0 spiro atoms. The molecule has 3 amide bonds. The van der Waals surface area contributed by atoms with Gasteiger partial charge >= 0.3 is 6.03 Å². The van der Waals surface area contributed by atoms with Gasteiger partial charge in [0, 0.05) is 23.7 Å². The molecule has 138 valence electrons. The molecule has 0 saturated heterocycles. The van der Waals surface area contributed by atoms with Gasteiger partial charge in [0.1, 0.15) is 0 Å². The van der Waals surface area contributed by atoms with Crippen molar-refractivity contribution < 1.29 is 9.59 Å². The number of hydrogen-bond donors (Lipinski definition) is 3. The fraction of sp³-hybridized carbons (Fsp3) is 0.158. The van der Waals surface area contributed by atoms with Crippen molar-refractivity contribution in [3.63, 3.8) is 0 Å². The molecule has 0 unspecified atom stereocenters. The van der Waals surface area contributed by atoms with Gasteiger partial charge < -0.3 is 10.6 Å². The molecule has 2 heterocycles. The van der Waals surface area contributed by atoms with Gasteiger partial charge in [-0.15, -0.1) is 11.3 Å². The Kier molecular flexibility index (Phi) is 6.48. The molecule has 27 heavy (non-hydrogen) atoms. The molecule has 0 aliphatic carbocycles. The van der Waals surface area contributed by atoms with Crippen molar-refractivity contribution in [3.8, 4) is 0 Å². The third-order valence-corrected chi connectivity index (χ3v) is 4.41. The quantitative estimate of drug-likeness (QED) is 0.584. The molecule has 3 rings (SSSR count). The van der Waals surface area contributed by atoms with Crippen LogP contribution in [0.25, 0.3) is 0 Å². The Hall–Kier alpha value is -3.26. The number of para-hydroxylation sites is 1. The Bertz CT molecular complexity index is 883. The van der Waals surface area contributed by atoms with Crippen molar-refractivity contribution in [3.05, 3.63) is 71.5 Å². The van der Waals surface area contributed by atoms with Crippen LogP contribution in [0.2, 0.25) is 0 Å². The van der Waals surface area contributed by atoms with Gasteiger partial charge in [-0.05, 0) is 30.7 Å². The first-order valence-corrected chi connectivity index (χ1v) is 9.31. The van der Waals surface area contributed by atoms with E-state index in [1.165, 1.54) is 11.3 Å². The smallest absolute Gasteiger partial charge is 0.325 e. The number of aromatic nitrogens is 2. The SMILES string of the molecule is O=C(CCc1csc(NC(=O)Nc2ccccc2)n1)NCc1ccccn1. The molecule has 0 saturated carbocycles. The fourth-order valence-corrected chi connectivity index (χ4v) is 3.02. The lowest BCUT2D eigenvalue weighted by atomic mass is 10.2. The lowest BCUT2D eigenvalue weighted by Crippen LogP contribution is -2.23. The van der Waals surface area contributed by atoms with Gasteiger partial charge in [0.05, 0.1) is 17.9 Å². The number of nitrogens with one attached hydrogen (secondary N) is 3. The summed E-state index contributed by atoms with van der Waals surface area (Å²) in [5.74, 6) is -0.0648. The number of aryl methyl sites for hydroxylation is 1. The molecule has 0 aliphatic heterocycles. The second kappa shape index (κ2) is 9.44. The molecule has 0 bridgehead atoms. The molecule has 0 radical (unpaired) electrons. The Balaban J connectivity index is 1.41. The number of hydrogen-bond acceptors (Lipinski definition) is 5. The summed E-state index contributed by atoms with van der Waals surface area (Å²) in [7, 11) is 0. The number of urea groups is 1. The minimum Gasteiger partial charge on any atom is -0.350 e. The topological polar surface area (TPSA) is 96.0 Å². The number of benzene rings is 1. The maximum Gasteiger partial charge on any atom is 0.325 e. The molecular weight excluding hydrogens is 362 g/mol. The van der Waals surface area contributed by atoms with Crippen LogP contribution in [0.4, 0.5) is 15.6 Å². The average molecular weight is 381 g/mol. The van der Waals surface area contributed by atoms with Crippen LogP contribution >= 0.6 is 11.3 Å². The molecule has 0 fully saturated rings. The summed E-state index contributed by atoms with van der Waals surface area (Å²) < 4.78 is 0. The highest BCUT2D eigenvalue weighted by atomic mass is 32.1. The summed E-state index contributed by atoms with van der Waals surface area (Å²) >= 11 is 1.33. The maximum atomic E-state index is 12.0. The van der Waals surface area contributed by atoms with E-state index < -0.39 is 0 Å². The van der Waals surface area contributed by atoms with Gasteiger partial charge in [-0.3, -0.25) is 15.1 Å². The van der Waals surface area contributed by atoms with E-state index in [4.69, 9.17) is 0 Å². The number of anilines is 2. The lowest BCUT2D eigenvalue weighted by molar-refractivity contribution is -0.121. The highest BCUT2D eigenvalue weighted by Crippen LogP contribution is 2.17. The number of amides is 3. The standard InChI is InChI=1S/C19H19N5O2S/c25-17(21-12-15-8-4-5-11-20-15)10-9-16-13-27-19(23-16)24-18(26)22-14-6-2-1-3-7-14/h1-8,11,13H,9-10,12H2,(H,21,25)(H2,22,23,24,26). The highest BCUT2D eigenvalue weighted by Gasteiger charge is 2.09. The summed E-state index contributed by atoms with van der Waals surface area (Å²) in [6.07, 6.45) is 2.53. The summed E-state index contributed by atoms with van der Waals surface area (Å²) in [5.41, 5.74) is 2.29. The minimum absolute atomic E-state index is 0.0648. The Labute approximate surface area is 160 Å². The van der Waals surface area contributed by atoms with E-state index in [2.05, 4.69) is 25.9 Å². The number of carbonyl (C=O) groups is 2. The van der Waals surface area contributed by atoms with Crippen molar-refractivity contribution in [2.24, 2.45) is 0 Å². The Morgan fingerprint density at radius 2 is 1.78 bits per heavy atom. The normalized spacial score (nSPS) is 10.2. The zero-order chi connectivity index (χ0) is 18.9. The van der Waals surface area contributed by atoms with Crippen LogP contribution in [-0.4, -0.2) is 21.9 Å². The average Bonchev–Trinajstić information content (AvgIpc) is 3.13. The van der Waals surface area contributed by atoms with E-state index in [1.807, 2.05) is 41.8 Å². The van der Waals surface area contributed by atoms with Crippen LogP contribution in [0.5, 0.6) is 0 Å². The monoisotopic (exact) mass is 381 g/mol. The molecule has 7 nitrogen and oxygen atoms in total. The number of carbonyl (C=O) groups excluding carboxylic acids is 2. The number of pyridine rings is 1. The molecule has 1 aromatic carbocycles. The van der Waals surface area contributed by atoms with Gasteiger partial charge in [-0.2, -0.15) is 0 Å². The molecule has 0 aliphatic rings. The van der Waals surface area contributed by atoms with Gasteiger partial charge in [-0.1, -0.05) is 24.3 Å². The first kappa shape index (κ1) is 18.5. The predicted molar refractivity (Wildman–Crippen MR) is 106 cm³/mol. The molecule has 3 aromatic rings. The summed E-state index contributed by atoms with van der Waals surface area (Å²) in [4.78, 5) is 32.4. The van der Waals surface area contributed by atoms with Crippen LogP contribution < -0.4 is 16.0 Å². The van der Waals surface area contributed by atoms with E-state index in [9.17, 15) is 9.59 Å². The van der Waals surface area contributed by atoms with Crippen molar-refractivity contribution in [1.29, 1.82) is 0 Å². The number of rotatable bonds is 7. The van der Waals surface area contributed by atoms with Gasteiger partial charge in [0.15, 0.2) is 5.13 Å². The summed E-state index contributed by atoms with van der Waals surface area (Å²) in [5, 5.41) is 10.6. The molecular formula is C19H19N5O2S. The van der Waals surface area contributed by atoms with E-state index in [-0.39, 0.29) is 11.9 Å². The van der Waals surface area contributed by atoms with E-state index in [0.717, 1.165) is 11.4 Å². The van der Waals surface area contributed by atoms with Crippen molar-refractivity contribution >= 4 is 34.1 Å². The predicted octanol–water partition coefficient (Wildman–Crippen LogP) is 3.43. The first-order valence-electron chi connectivity index (χ1n) is 8.43. The Morgan fingerprint density at radius 3 is 2.56 bits per heavy atom. The fourth-order valence-electron chi connectivity index (χ4n) is 2.28. The van der Waals surface area contributed by atoms with E-state index in [0.29, 0.717) is 30.2 Å². The first-order chi connectivity index (χ1) is 13.2. The van der Waals surface area contributed by atoms with Crippen LogP contribution in [-0.2, 0) is 17.8 Å². The number of thiazole rings is 1. The second-order valence-electron chi connectivity index (χ2n) is 5.69. The lowest BCUT2D eigenvalue weighted by Gasteiger charge is -2.05. The van der Waals surface area contributed by atoms with E-state index >= 15 is 0 Å². The Morgan fingerprint density at radius 1 is 0.963 bits per heavy atom. The number of nitrogens with zero attached hydrogens (tertiary/aromatic N) is 2. The van der Waals surface area contributed by atoms with E-state index in [1.54, 1.807) is 18.3 Å². The van der Waals surface area contributed by atoms with Crippen LogP contribution in [0.15, 0.2) is 60.1 Å². The van der Waals surface area contributed by atoms with Crippen molar-refractivity contribution in [2.45, 2.75) is 19.4 Å². The zero-order valence-corrected chi connectivity index (χ0v) is 15.3. The van der Waals surface area contributed by atoms with Crippen LogP contribution in [0.3, 0.4) is 0 Å². The zero-order valence-electron chi connectivity index (χ0n) is 14.5. The van der Waals surface area contributed by atoms with Crippen molar-refractivity contribution in [2.75, 3.05) is 10.6 Å². The minimum atomic E-state index is -0.352. The molecule has 8 heteroatoms. The third-order valence-electron chi connectivity index (χ3n) is 3.60. The van der Waals surface area contributed by atoms with Gasteiger partial charge in [0.25, 0.3) is 0 Å². The maximum absolute atomic E-state index is 12.0. The second-order valence-corrected chi connectivity index (χ2v) is 6.55. The van der Waals surface area contributed by atoms with Crippen LogP contribution in [0, 0.1) is 0 Å².